The number of halogens is 1. The van der Waals surface area contributed by atoms with E-state index >= 15 is 0 Å². The number of aromatic amines is 1. The van der Waals surface area contributed by atoms with E-state index in [0.717, 1.165) is 22.2 Å². The van der Waals surface area contributed by atoms with Crippen molar-refractivity contribution in [3.8, 4) is 5.75 Å². The minimum atomic E-state index is -0.346. The van der Waals surface area contributed by atoms with E-state index in [1.54, 1.807) is 6.07 Å². The lowest BCUT2D eigenvalue weighted by Crippen LogP contribution is -2.12. The van der Waals surface area contributed by atoms with E-state index in [4.69, 9.17) is 4.74 Å². The van der Waals surface area contributed by atoms with Crippen LogP contribution in [0.15, 0.2) is 78.9 Å². The van der Waals surface area contributed by atoms with Crippen LogP contribution >= 0.6 is 0 Å². The van der Waals surface area contributed by atoms with Gasteiger partial charge in [-0.2, -0.15) is 0 Å². The molecule has 1 amide bonds. The molecule has 3 aromatic carbocycles. The normalized spacial score (nSPS) is 10.7. The first-order valence-electron chi connectivity index (χ1n) is 8.54. The minimum absolute atomic E-state index is 0.287. The Morgan fingerprint density at radius 1 is 0.963 bits per heavy atom. The maximum Gasteiger partial charge on any atom is 0.272 e. The number of H-pyrrole nitrogens is 1. The predicted molar refractivity (Wildman–Crippen MR) is 103 cm³/mol. The molecule has 4 nitrogen and oxygen atoms in total. The summed E-state index contributed by atoms with van der Waals surface area (Å²) in [6.45, 7) is 0.477. The first-order chi connectivity index (χ1) is 13.2. The summed E-state index contributed by atoms with van der Waals surface area (Å²) in [5.41, 5.74) is 2.86. The Bertz CT molecular complexity index is 1070. The predicted octanol–water partition coefficient (Wildman–Crippen LogP) is 5.14. The highest BCUT2D eigenvalue weighted by Crippen LogP contribution is 2.23. The standard InChI is InChI=1S/C22H17FN2O2/c23-17-7-9-18(10-8-17)24-22(26)21-12-16-6-11-19(13-20(16)25-21)27-14-15-4-2-1-3-5-15/h1-13,25H,14H2,(H,24,26). The van der Waals surface area contributed by atoms with Crippen molar-refractivity contribution < 1.29 is 13.9 Å². The van der Waals surface area contributed by atoms with Gasteiger partial charge in [0.05, 0.1) is 0 Å². The lowest BCUT2D eigenvalue weighted by Gasteiger charge is -2.06. The molecule has 0 saturated heterocycles. The summed E-state index contributed by atoms with van der Waals surface area (Å²) in [7, 11) is 0. The number of fused-ring (bicyclic) bond motifs is 1. The maximum absolute atomic E-state index is 13.0. The maximum atomic E-state index is 13.0. The molecule has 0 spiro atoms. The largest absolute Gasteiger partial charge is 0.489 e. The smallest absolute Gasteiger partial charge is 0.272 e. The molecule has 27 heavy (non-hydrogen) atoms. The molecule has 4 aromatic rings. The fourth-order valence-electron chi connectivity index (χ4n) is 2.79. The highest BCUT2D eigenvalue weighted by Gasteiger charge is 2.10. The summed E-state index contributed by atoms with van der Waals surface area (Å²) in [4.78, 5) is 15.5. The Labute approximate surface area is 155 Å². The lowest BCUT2D eigenvalue weighted by molar-refractivity contribution is 0.102. The van der Waals surface area contributed by atoms with Crippen molar-refractivity contribution in [3.63, 3.8) is 0 Å². The van der Waals surface area contributed by atoms with Gasteiger partial charge in [-0.15, -0.1) is 0 Å². The van der Waals surface area contributed by atoms with Gasteiger partial charge in [0.25, 0.3) is 5.91 Å². The van der Waals surface area contributed by atoms with E-state index in [0.29, 0.717) is 18.0 Å². The van der Waals surface area contributed by atoms with Gasteiger partial charge in [-0.3, -0.25) is 4.79 Å². The number of rotatable bonds is 5. The van der Waals surface area contributed by atoms with Crippen molar-refractivity contribution in [1.82, 2.24) is 4.98 Å². The zero-order chi connectivity index (χ0) is 18.6. The van der Waals surface area contributed by atoms with Crippen LogP contribution in [-0.2, 0) is 6.61 Å². The van der Waals surface area contributed by atoms with E-state index in [-0.39, 0.29) is 11.7 Å². The molecule has 2 N–H and O–H groups in total. The Morgan fingerprint density at radius 3 is 2.52 bits per heavy atom. The van der Waals surface area contributed by atoms with E-state index < -0.39 is 0 Å². The summed E-state index contributed by atoms with van der Waals surface area (Å²) in [5, 5.41) is 3.65. The van der Waals surface area contributed by atoms with Crippen LogP contribution in [0.5, 0.6) is 5.75 Å². The number of carbonyl (C=O) groups is 1. The molecule has 0 aliphatic carbocycles. The van der Waals surface area contributed by atoms with Gasteiger partial charge in [-0.05, 0) is 48.0 Å². The summed E-state index contributed by atoms with van der Waals surface area (Å²) in [6, 6.07) is 23.0. The number of benzene rings is 3. The summed E-state index contributed by atoms with van der Waals surface area (Å²) in [5.74, 6) is 0.0879. The Hall–Kier alpha value is -3.60. The van der Waals surface area contributed by atoms with Crippen LogP contribution in [0.2, 0.25) is 0 Å². The number of anilines is 1. The number of hydrogen-bond acceptors (Lipinski definition) is 2. The van der Waals surface area contributed by atoms with Crippen LogP contribution in [0.4, 0.5) is 10.1 Å². The van der Waals surface area contributed by atoms with Crippen molar-refractivity contribution in [2.24, 2.45) is 0 Å². The molecule has 5 heteroatoms. The van der Waals surface area contributed by atoms with E-state index in [1.807, 2.05) is 48.5 Å². The first-order valence-corrected chi connectivity index (χ1v) is 8.54. The molecule has 0 aliphatic heterocycles. The second kappa shape index (κ2) is 7.33. The Morgan fingerprint density at radius 2 is 1.74 bits per heavy atom. The average Bonchev–Trinajstić information content (AvgIpc) is 3.12. The molecule has 4 rings (SSSR count). The molecule has 0 saturated carbocycles. The van der Waals surface area contributed by atoms with E-state index in [2.05, 4.69) is 10.3 Å². The number of ether oxygens (including phenoxy) is 1. The highest BCUT2D eigenvalue weighted by atomic mass is 19.1. The zero-order valence-corrected chi connectivity index (χ0v) is 14.4. The molecular formula is C22H17FN2O2. The van der Waals surface area contributed by atoms with Crippen LogP contribution in [0.3, 0.4) is 0 Å². The van der Waals surface area contributed by atoms with Crippen LogP contribution in [0.1, 0.15) is 16.1 Å². The highest BCUT2D eigenvalue weighted by molar-refractivity contribution is 6.06. The lowest BCUT2D eigenvalue weighted by atomic mass is 10.2. The molecule has 1 heterocycles. The second-order valence-electron chi connectivity index (χ2n) is 6.17. The second-order valence-corrected chi connectivity index (χ2v) is 6.17. The minimum Gasteiger partial charge on any atom is -0.489 e. The third-order valence-electron chi connectivity index (χ3n) is 4.19. The SMILES string of the molecule is O=C(Nc1ccc(F)cc1)c1cc2ccc(OCc3ccccc3)cc2[nH]1. The van der Waals surface area contributed by atoms with Gasteiger partial charge in [0.15, 0.2) is 0 Å². The number of aromatic nitrogens is 1. The zero-order valence-electron chi connectivity index (χ0n) is 14.4. The molecule has 0 aliphatic rings. The van der Waals surface area contributed by atoms with Crippen LogP contribution in [0, 0.1) is 5.82 Å². The third kappa shape index (κ3) is 3.98. The fraction of sp³-hybridized carbons (Fsp3) is 0.0455. The van der Waals surface area contributed by atoms with Crippen molar-refractivity contribution in [2.75, 3.05) is 5.32 Å². The first kappa shape index (κ1) is 16.8. The fourth-order valence-corrected chi connectivity index (χ4v) is 2.79. The third-order valence-corrected chi connectivity index (χ3v) is 4.19. The van der Waals surface area contributed by atoms with Crippen LogP contribution in [-0.4, -0.2) is 10.9 Å². The van der Waals surface area contributed by atoms with E-state index in [1.165, 1.54) is 24.3 Å². The van der Waals surface area contributed by atoms with Gasteiger partial charge >= 0.3 is 0 Å². The molecule has 0 unspecified atom stereocenters. The van der Waals surface area contributed by atoms with Gasteiger partial charge in [-0.1, -0.05) is 30.3 Å². The molecular weight excluding hydrogens is 343 g/mol. The number of nitrogens with one attached hydrogen (secondary N) is 2. The molecule has 134 valence electrons. The van der Waals surface area contributed by atoms with E-state index in [9.17, 15) is 9.18 Å². The quantitative estimate of drug-likeness (QED) is 0.518. The number of hydrogen-bond donors (Lipinski definition) is 2. The number of amides is 1. The van der Waals surface area contributed by atoms with Crippen molar-refractivity contribution in [1.29, 1.82) is 0 Å². The van der Waals surface area contributed by atoms with Crippen molar-refractivity contribution in [2.45, 2.75) is 6.61 Å². The number of carbonyl (C=O) groups excluding carboxylic acids is 1. The molecule has 0 radical (unpaired) electrons. The molecule has 0 atom stereocenters. The van der Waals surface area contributed by atoms with Crippen LogP contribution < -0.4 is 10.1 Å². The van der Waals surface area contributed by atoms with Crippen LogP contribution in [0.25, 0.3) is 10.9 Å². The Balaban J connectivity index is 1.48. The Kier molecular flexibility index (Phi) is 4.58. The van der Waals surface area contributed by atoms with Gasteiger partial charge in [-0.25, -0.2) is 4.39 Å². The molecule has 0 fully saturated rings. The van der Waals surface area contributed by atoms with Gasteiger partial charge in [0, 0.05) is 22.7 Å². The molecule has 0 bridgehead atoms. The summed E-state index contributed by atoms with van der Waals surface area (Å²) >= 11 is 0. The molecule has 1 aromatic heterocycles. The average molecular weight is 360 g/mol. The van der Waals surface area contributed by atoms with Gasteiger partial charge in [0.1, 0.15) is 23.9 Å². The monoisotopic (exact) mass is 360 g/mol. The summed E-state index contributed by atoms with van der Waals surface area (Å²) in [6.07, 6.45) is 0. The summed E-state index contributed by atoms with van der Waals surface area (Å²) < 4.78 is 18.8. The van der Waals surface area contributed by atoms with Crippen molar-refractivity contribution in [3.05, 3.63) is 95.9 Å². The van der Waals surface area contributed by atoms with Gasteiger partial charge < -0.3 is 15.0 Å². The van der Waals surface area contributed by atoms with Gasteiger partial charge in [0.2, 0.25) is 0 Å². The topological polar surface area (TPSA) is 54.1 Å². The van der Waals surface area contributed by atoms with Crippen molar-refractivity contribution >= 4 is 22.5 Å².